The number of aryl methyl sites for hydroxylation is 2. The van der Waals surface area contributed by atoms with E-state index in [-0.39, 0.29) is 54.4 Å². The van der Waals surface area contributed by atoms with Crippen LogP contribution in [-0.2, 0) is 19.2 Å². The first kappa shape index (κ1) is 22.5. The number of anilines is 2. The number of hydrogen-bond acceptors (Lipinski definition) is 5. The Bertz CT molecular complexity index is 1360. The van der Waals surface area contributed by atoms with Gasteiger partial charge in [-0.25, -0.2) is 4.90 Å². The predicted octanol–water partition coefficient (Wildman–Crippen LogP) is 3.82. The number of carbonyl (C=O) groups excluding carboxylic acids is 4. The van der Waals surface area contributed by atoms with Gasteiger partial charge in [0.2, 0.25) is 17.7 Å². The first-order valence-electron chi connectivity index (χ1n) is 13.1. The van der Waals surface area contributed by atoms with E-state index in [4.69, 9.17) is 4.74 Å². The van der Waals surface area contributed by atoms with Gasteiger partial charge in [0.1, 0.15) is 5.75 Å². The molecule has 0 spiro atoms. The Morgan fingerprint density at radius 3 is 2.16 bits per heavy atom. The Balaban J connectivity index is 1.06. The van der Waals surface area contributed by atoms with Crippen LogP contribution in [0.1, 0.15) is 24.0 Å². The van der Waals surface area contributed by atoms with Crippen LogP contribution in [0.15, 0.2) is 54.6 Å². The van der Waals surface area contributed by atoms with E-state index < -0.39 is 11.9 Å². The molecule has 2 aliphatic heterocycles. The molecule has 4 fully saturated rings. The molecule has 7 nitrogen and oxygen atoms in total. The van der Waals surface area contributed by atoms with Crippen LogP contribution in [-0.4, -0.2) is 30.2 Å². The summed E-state index contributed by atoms with van der Waals surface area (Å²) in [6, 6.07) is 12.6. The van der Waals surface area contributed by atoms with Crippen molar-refractivity contribution in [2.45, 2.75) is 26.7 Å². The summed E-state index contributed by atoms with van der Waals surface area (Å²) in [5.41, 5.74) is 3.12. The number of esters is 1. The topological polar surface area (TPSA) is 84.0 Å². The Hall–Kier alpha value is -3.74. The molecule has 37 heavy (non-hydrogen) atoms. The summed E-state index contributed by atoms with van der Waals surface area (Å²) in [6.45, 7) is 4.07. The van der Waals surface area contributed by atoms with Crippen molar-refractivity contribution in [3.8, 4) is 5.75 Å². The Morgan fingerprint density at radius 1 is 0.892 bits per heavy atom. The molecule has 2 aromatic rings. The summed E-state index contributed by atoms with van der Waals surface area (Å²) in [5.74, 6) is -0.0329. The minimum absolute atomic E-state index is 0.0989. The van der Waals surface area contributed by atoms with Crippen molar-refractivity contribution in [3.05, 3.63) is 65.7 Å². The molecule has 0 aromatic heterocycles. The largest absolute Gasteiger partial charge is 0.426 e. The number of hydrogen-bond donors (Lipinski definition) is 0. The van der Waals surface area contributed by atoms with Gasteiger partial charge in [-0.2, -0.15) is 0 Å². The Morgan fingerprint density at radius 2 is 1.54 bits per heavy atom. The molecule has 4 aliphatic carbocycles. The van der Waals surface area contributed by atoms with E-state index in [0.29, 0.717) is 28.8 Å². The van der Waals surface area contributed by atoms with E-state index in [1.807, 2.05) is 38.1 Å². The van der Waals surface area contributed by atoms with E-state index in [1.165, 1.54) is 4.90 Å². The summed E-state index contributed by atoms with van der Waals surface area (Å²) >= 11 is 0. The summed E-state index contributed by atoms with van der Waals surface area (Å²) in [7, 11) is 0. The molecular formula is C30H28N2O5. The quantitative estimate of drug-likeness (QED) is 0.278. The molecule has 7 heteroatoms. The molecular weight excluding hydrogens is 468 g/mol. The molecule has 0 unspecified atom stereocenters. The van der Waals surface area contributed by atoms with Crippen LogP contribution in [0, 0.1) is 55.3 Å². The minimum Gasteiger partial charge on any atom is -0.426 e. The van der Waals surface area contributed by atoms with E-state index in [9.17, 15) is 19.2 Å². The first-order valence-corrected chi connectivity index (χ1v) is 13.1. The lowest BCUT2D eigenvalue weighted by molar-refractivity contribution is -0.139. The highest BCUT2D eigenvalue weighted by atomic mass is 16.5. The molecule has 2 saturated heterocycles. The third-order valence-electron chi connectivity index (χ3n) is 9.09. The van der Waals surface area contributed by atoms with Crippen molar-refractivity contribution in [1.82, 2.24) is 0 Å². The normalized spacial score (nSPS) is 33.1. The molecule has 188 valence electrons. The van der Waals surface area contributed by atoms with Gasteiger partial charge in [-0.3, -0.25) is 19.2 Å². The zero-order valence-corrected chi connectivity index (χ0v) is 20.8. The maximum atomic E-state index is 13.4. The lowest BCUT2D eigenvalue weighted by Crippen LogP contribution is -2.40. The highest BCUT2D eigenvalue weighted by Crippen LogP contribution is 2.65. The molecule has 2 saturated carbocycles. The SMILES string of the molecule is Cc1ccc(N2C[C@H](C(=O)Oc3ccc(N4C(=O)[C@@H]5[C@H]6C=C[C@@H]([C@@H]7C[C@@H]67)[C@@H]5C4=O)c(C)c3)CC2=O)cc1. The monoisotopic (exact) mass is 496 g/mol. The van der Waals surface area contributed by atoms with Crippen molar-refractivity contribution in [2.24, 2.45) is 41.4 Å². The van der Waals surface area contributed by atoms with Gasteiger partial charge in [-0.1, -0.05) is 29.8 Å². The highest BCUT2D eigenvalue weighted by Gasteiger charge is 2.67. The number of imide groups is 1. The zero-order chi connectivity index (χ0) is 25.6. The first-order chi connectivity index (χ1) is 17.8. The Kier molecular flexibility index (Phi) is 4.78. The van der Waals surface area contributed by atoms with Gasteiger partial charge in [-0.05, 0) is 79.8 Å². The lowest BCUT2D eigenvalue weighted by atomic mass is 9.63. The number of nitrogens with zero attached hydrogens (tertiary/aromatic N) is 2. The van der Waals surface area contributed by atoms with Crippen LogP contribution in [0.25, 0.3) is 0 Å². The number of ether oxygens (including phenoxy) is 1. The summed E-state index contributed by atoms with van der Waals surface area (Å²) in [6.07, 6.45) is 5.56. The fraction of sp³-hybridized carbons (Fsp3) is 0.400. The second kappa shape index (κ2) is 7.88. The summed E-state index contributed by atoms with van der Waals surface area (Å²) in [5, 5.41) is 0. The minimum atomic E-state index is -0.562. The van der Waals surface area contributed by atoms with Gasteiger partial charge in [0.05, 0.1) is 23.4 Å². The highest BCUT2D eigenvalue weighted by molar-refractivity contribution is 6.23. The summed E-state index contributed by atoms with van der Waals surface area (Å²) in [4.78, 5) is 55.3. The maximum Gasteiger partial charge on any atom is 0.316 e. The van der Waals surface area contributed by atoms with E-state index in [1.54, 1.807) is 23.1 Å². The van der Waals surface area contributed by atoms with Crippen molar-refractivity contribution in [2.75, 3.05) is 16.3 Å². The molecule has 6 aliphatic rings. The fourth-order valence-electron chi connectivity index (χ4n) is 7.18. The van der Waals surface area contributed by atoms with Crippen molar-refractivity contribution in [3.63, 3.8) is 0 Å². The molecule has 2 aromatic carbocycles. The number of rotatable bonds is 4. The maximum absolute atomic E-state index is 13.4. The molecule has 2 bridgehead atoms. The third-order valence-corrected chi connectivity index (χ3v) is 9.09. The molecule has 7 atom stereocenters. The van der Waals surface area contributed by atoms with E-state index >= 15 is 0 Å². The average molecular weight is 497 g/mol. The van der Waals surface area contributed by atoms with Crippen molar-refractivity contribution in [1.29, 1.82) is 0 Å². The van der Waals surface area contributed by atoms with Crippen LogP contribution in [0.2, 0.25) is 0 Å². The molecule has 2 heterocycles. The van der Waals surface area contributed by atoms with Gasteiger partial charge >= 0.3 is 5.97 Å². The number of carbonyl (C=O) groups is 4. The number of benzene rings is 2. The smallest absolute Gasteiger partial charge is 0.316 e. The van der Waals surface area contributed by atoms with Crippen LogP contribution in [0.3, 0.4) is 0 Å². The van der Waals surface area contributed by atoms with Gasteiger partial charge < -0.3 is 9.64 Å². The Labute approximate surface area is 215 Å². The summed E-state index contributed by atoms with van der Waals surface area (Å²) < 4.78 is 5.64. The van der Waals surface area contributed by atoms with E-state index in [2.05, 4.69) is 12.2 Å². The second-order valence-corrected chi connectivity index (χ2v) is 11.3. The van der Waals surface area contributed by atoms with Crippen molar-refractivity contribution < 1.29 is 23.9 Å². The van der Waals surface area contributed by atoms with Gasteiger partial charge in [0.15, 0.2) is 0 Å². The molecule has 8 rings (SSSR count). The van der Waals surface area contributed by atoms with Gasteiger partial charge in [-0.15, -0.1) is 0 Å². The van der Waals surface area contributed by atoms with Crippen LogP contribution < -0.4 is 14.5 Å². The average Bonchev–Trinajstić information content (AvgIpc) is 3.56. The fourth-order valence-corrected chi connectivity index (χ4v) is 7.18. The third kappa shape index (κ3) is 3.32. The standard InChI is InChI=1S/C30H28N2O5/c1-15-3-5-18(6-4-15)31-14-17(12-25(31)33)30(36)37-19-7-10-24(16(2)11-19)32-28(34)26-20-8-9-21(23-13-22(20)23)27(26)29(32)35/h3-11,17,20-23,26-27H,12-14H2,1-2H3/t17-,20+,21+,22+,23+,26-,27+/m1/s1. The van der Waals surface area contributed by atoms with Gasteiger partial charge in [0.25, 0.3) is 0 Å². The molecule has 3 amide bonds. The predicted molar refractivity (Wildman–Crippen MR) is 136 cm³/mol. The zero-order valence-electron chi connectivity index (χ0n) is 20.8. The van der Waals surface area contributed by atoms with E-state index in [0.717, 1.165) is 17.7 Å². The van der Waals surface area contributed by atoms with Crippen molar-refractivity contribution >= 4 is 35.1 Å². The number of amides is 3. The molecule has 0 N–H and O–H groups in total. The number of allylic oxidation sites excluding steroid dienone is 2. The lowest BCUT2D eigenvalue weighted by Gasteiger charge is -2.37. The second-order valence-electron chi connectivity index (χ2n) is 11.3. The van der Waals surface area contributed by atoms with Crippen LogP contribution in [0.4, 0.5) is 11.4 Å². The van der Waals surface area contributed by atoms with Crippen LogP contribution in [0.5, 0.6) is 5.75 Å². The van der Waals surface area contributed by atoms with Crippen LogP contribution >= 0.6 is 0 Å². The molecule has 0 radical (unpaired) electrons. The van der Waals surface area contributed by atoms with Gasteiger partial charge in [0, 0.05) is 18.7 Å².